The van der Waals surface area contributed by atoms with Gasteiger partial charge in [0.15, 0.2) is 0 Å². The molecule has 0 radical (unpaired) electrons. The van der Waals surface area contributed by atoms with E-state index in [1.165, 1.54) is 35.2 Å². The van der Waals surface area contributed by atoms with Gasteiger partial charge >= 0.3 is 0 Å². The maximum atomic E-state index is 14.6. The van der Waals surface area contributed by atoms with Gasteiger partial charge in [-0.05, 0) is 74.4 Å². The van der Waals surface area contributed by atoms with Gasteiger partial charge in [-0.15, -0.1) is 0 Å². The number of hydrogen-bond acceptors (Lipinski definition) is 5. The molecule has 0 fully saturated rings. The summed E-state index contributed by atoms with van der Waals surface area (Å²) in [6.07, 6.45) is 0.197. The number of amides is 2. The van der Waals surface area contributed by atoms with Gasteiger partial charge in [-0.2, -0.15) is 0 Å². The van der Waals surface area contributed by atoms with E-state index < -0.39 is 28.5 Å². The lowest BCUT2D eigenvalue weighted by Crippen LogP contribution is -2.54. The Morgan fingerprint density at radius 1 is 0.848 bits per heavy atom. The fourth-order valence-electron chi connectivity index (χ4n) is 4.95. The topological polar surface area (TPSA) is 96.0 Å². The molecule has 1 N–H and O–H groups in total. The minimum Gasteiger partial charge on any atom is -0.497 e. The maximum absolute atomic E-state index is 14.6. The molecule has 0 aliphatic heterocycles. The lowest BCUT2D eigenvalue weighted by Gasteiger charge is -2.34. The van der Waals surface area contributed by atoms with Crippen LogP contribution in [-0.4, -0.2) is 50.9 Å². The molecule has 4 rings (SSSR count). The SMILES string of the molecule is COc1cccc(CN(C(=O)CN(c2cc(Cl)cc(Cl)c2)S(=O)(=O)c2ccc(C)cc2)C(Cc2ccccc2)C(=O)NC(C)C)c1. The van der Waals surface area contributed by atoms with Gasteiger partial charge < -0.3 is 15.0 Å². The maximum Gasteiger partial charge on any atom is 0.264 e. The van der Waals surface area contributed by atoms with Gasteiger partial charge in [-0.1, -0.05) is 83.4 Å². The summed E-state index contributed by atoms with van der Waals surface area (Å²) in [4.78, 5) is 29.8. The molecule has 1 atom stereocenters. The molecule has 1 unspecified atom stereocenters. The van der Waals surface area contributed by atoms with Crippen molar-refractivity contribution in [3.8, 4) is 5.75 Å². The molecule has 4 aromatic carbocycles. The van der Waals surface area contributed by atoms with Crippen LogP contribution in [0.1, 0.15) is 30.5 Å². The fourth-order valence-corrected chi connectivity index (χ4v) is 6.86. The fraction of sp³-hybridized carbons (Fsp3) is 0.257. The molecule has 0 saturated heterocycles. The standard InChI is InChI=1S/C35H37Cl2N3O5S/c1-24(2)38-35(42)33(18-26-9-6-5-7-10-26)39(22-27-11-8-12-31(17-27)45-4)34(41)23-40(30-20-28(36)19-29(37)21-30)46(43,44)32-15-13-25(3)14-16-32/h5-17,19-21,24,33H,18,22-23H2,1-4H3,(H,38,42). The van der Waals surface area contributed by atoms with Crippen LogP contribution < -0.4 is 14.4 Å². The van der Waals surface area contributed by atoms with Crippen LogP contribution in [0.25, 0.3) is 0 Å². The Bertz CT molecular complexity index is 1750. The highest BCUT2D eigenvalue weighted by Crippen LogP contribution is 2.30. The van der Waals surface area contributed by atoms with Crippen molar-refractivity contribution in [3.05, 3.63) is 124 Å². The molecule has 0 saturated carbocycles. The van der Waals surface area contributed by atoms with Crippen molar-refractivity contribution in [2.75, 3.05) is 18.0 Å². The predicted molar refractivity (Wildman–Crippen MR) is 183 cm³/mol. The Kier molecular flexibility index (Phi) is 11.7. The highest BCUT2D eigenvalue weighted by Gasteiger charge is 2.35. The second-order valence-corrected chi connectivity index (χ2v) is 13.9. The summed E-state index contributed by atoms with van der Waals surface area (Å²) >= 11 is 12.6. The van der Waals surface area contributed by atoms with Crippen molar-refractivity contribution in [1.29, 1.82) is 0 Å². The number of anilines is 1. The number of nitrogens with zero attached hydrogens (tertiary/aromatic N) is 2. The minimum atomic E-state index is -4.29. The van der Waals surface area contributed by atoms with Crippen molar-refractivity contribution in [3.63, 3.8) is 0 Å². The molecule has 0 aliphatic carbocycles. The number of carbonyl (C=O) groups is 2. The summed E-state index contributed by atoms with van der Waals surface area (Å²) < 4.78 is 34.7. The van der Waals surface area contributed by atoms with Crippen LogP contribution in [0.4, 0.5) is 5.69 Å². The Labute approximate surface area is 280 Å². The minimum absolute atomic E-state index is 0.00771. The van der Waals surface area contributed by atoms with Crippen molar-refractivity contribution in [2.45, 2.75) is 50.7 Å². The third-order valence-corrected chi connectivity index (χ3v) is 9.44. The Balaban J connectivity index is 1.84. The van der Waals surface area contributed by atoms with Gasteiger partial charge in [0.2, 0.25) is 11.8 Å². The number of methoxy groups -OCH3 is 1. The summed E-state index contributed by atoms with van der Waals surface area (Å²) in [6.45, 7) is 4.90. The molecule has 0 heterocycles. The molecule has 0 spiro atoms. The van der Waals surface area contributed by atoms with E-state index in [4.69, 9.17) is 27.9 Å². The Morgan fingerprint density at radius 2 is 1.48 bits per heavy atom. The number of ether oxygens (including phenoxy) is 1. The number of sulfonamides is 1. The average molecular weight is 683 g/mol. The third-order valence-electron chi connectivity index (χ3n) is 7.21. The van der Waals surface area contributed by atoms with Gasteiger partial charge in [-0.3, -0.25) is 13.9 Å². The molecular weight excluding hydrogens is 645 g/mol. The normalized spacial score (nSPS) is 12.0. The van der Waals surface area contributed by atoms with Crippen LogP contribution in [0.2, 0.25) is 10.0 Å². The van der Waals surface area contributed by atoms with E-state index in [1.54, 1.807) is 37.4 Å². The van der Waals surface area contributed by atoms with Crippen molar-refractivity contribution >= 4 is 50.7 Å². The highest BCUT2D eigenvalue weighted by atomic mass is 35.5. The zero-order valence-electron chi connectivity index (χ0n) is 26.1. The van der Waals surface area contributed by atoms with Crippen LogP contribution in [0.15, 0.2) is 102 Å². The molecule has 8 nitrogen and oxygen atoms in total. The second kappa shape index (κ2) is 15.5. The van der Waals surface area contributed by atoms with E-state index in [9.17, 15) is 18.0 Å². The lowest BCUT2D eigenvalue weighted by molar-refractivity contribution is -0.140. The number of nitrogens with one attached hydrogen (secondary N) is 1. The van der Waals surface area contributed by atoms with Gasteiger partial charge in [0.1, 0.15) is 18.3 Å². The summed E-state index contributed by atoms with van der Waals surface area (Å²) in [5.41, 5.74) is 2.51. The molecule has 0 bridgehead atoms. The summed E-state index contributed by atoms with van der Waals surface area (Å²) in [6, 6.07) is 26.0. The first kappa shape index (κ1) is 34.8. The number of benzene rings is 4. The van der Waals surface area contributed by atoms with Crippen LogP contribution in [0.5, 0.6) is 5.75 Å². The van der Waals surface area contributed by atoms with Gasteiger partial charge in [-0.25, -0.2) is 8.42 Å². The molecule has 0 aliphatic rings. The smallest absolute Gasteiger partial charge is 0.264 e. The van der Waals surface area contributed by atoms with E-state index in [1.807, 2.05) is 57.2 Å². The molecule has 46 heavy (non-hydrogen) atoms. The molecule has 11 heteroatoms. The quantitative estimate of drug-likeness (QED) is 0.170. The van der Waals surface area contributed by atoms with Gasteiger partial charge in [0, 0.05) is 29.1 Å². The zero-order valence-corrected chi connectivity index (χ0v) is 28.4. The second-order valence-electron chi connectivity index (χ2n) is 11.2. The van der Waals surface area contributed by atoms with Crippen LogP contribution in [-0.2, 0) is 32.6 Å². The van der Waals surface area contributed by atoms with Gasteiger partial charge in [0.25, 0.3) is 10.0 Å². The molecule has 242 valence electrons. The van der Waals surface area contributed by atoms with E-state index in [-0.39, 0.29) is 45.5 Å². The lowest BCUT2D eigenvalue weighted by atomic mass is 10.0. The molecule has 4 aromatic rings. The summed E-state index contributed by atoms with van der Waals surface area (Å²) in [5, 5.41) is 3.34. The Hall–Kier alpha value is -4.05. The number of hydrogen-bond donors (Lipinski definition) is 1. The first-order valence-corrected chi connectivity index (χ1v) is 16.9. The zero-order chi connectivity index (χ0) is 33.4. The number of aryl methyl sites for hydroxylation is 1. The van der Waals surface area contributed by atoms with E-state index in [0.29, 0.717) is 11.3 Å². The van der Waals surface area contributed by atoms with E-state index >= 15 is 0 Å². The predicted octanol–water partition coefficient (Wildman–Crippen LogP) is 6.67. The highest BCUT2D eigenvalue weighted by molar-refractivity contribution is 7.92. The third kappa shape index (κ3) is 9.02. The number of rotatable bonds is 13. The summed E-state index contributed by atoms with van der Waals surface area (Å²) in [5.74, 6) is -0.392. The van der Waals surface area contributed by atoms with Crippen LogP contribution >= 0.6 is 23.2 Å². The molecule has 0 aromatic heterocycles. The van der Waals surface area contributed by atoms with Crippen molar-refractivity contribution in [1.82, 2.24) is 10.2 Å². The van der Waals surface area contributed by atoms with Crippen LogP contribution in [0, 0.1) is 6.92 Å². The van der Waals surface area contributed by atoms with Gasteiger partial charge in [0.05, 0.1) is 17.7 Å². The monoisotopic (exact) mass is 681 g/mol. The molecule has 2 amide bonds. The van der Waals surface area contributed by atoms with E-state index in [0.717, 1.165) is 15.4 Å². The number of carbonyl (C=O) groups excluding carboxylic acids is 2. The summed E-state index contributed by atoms with van der Waals surface area (Å²) in [7, 11) is -2.75. The van der Waals surface area contributed by atoms with E-state index in [2.05, 4.69) is 5.32 Å². The molecular formula is C35H37Cl2N3O5S. The van der Waals surface area contributed by atoms with Crippen molar-refractivity contribution < 1.29 is 22.7 Å². The van der Waals surface area contributed by atoms with Crippen LogP contribution in [0.3, 0.4) is 0 Å². The Morgan fingerprint density at radius 3 is 2.09 bits per heavy atom. The average Bonchev–Trinajstić information content (AvgIpc) is 3.01. The largest absolute Gasteiger partial charge is 0.497 e. The number of halogens is 2. The van der Waals surface area contributed by atoms with Crippen molar-refractivity contribution in [2.24, 2.45) is 0 Å². The first-order chi connectivity index (χ1) is 21.9. The first-order valence-electron chi connectivity index (χ1n) is 14.7.